The van der Waals surface area contributed by atoms with Gasteiger partial charge in [0.1, 0.15) is 0 Å². The van der Waals surface area contributed by atoms with E-state index in [0.29, 0.717) is 19.3 Å². The maximum absolute atomic E-state index is 12.3. The van der Waals surface area contributed by atoms with Gasteiger partial charge in [-0.1, -0.05) is 219 Å². The maximum atomic E-state index is 12.3. The summed E-state index contributed by atoms with van der Waals surface area (Å²) >= 11 is 0. The minimum Gasteiger partial charge on any atom is -0.396 e. The lowest BCUT2D eigenvalue weighted by Gasteiger charge is -2.32. The largest absolute Gasteiger partial charge is 0.400 e. The van der Waals surface area contributed by atoms with E-state index in [2.05, 4.69) is 18.0 Å². The van der Waals surface area contributed by atoms with E-state index in [1.165, 1.54) is 180 Å². The minimum absolute atomic E-state index is 0.0725. The van der Waals surface area contributed by atoms with Crippen molar-refractivity contribution in [2.24, 2.45) is 0 Å². The molecule has 0 aromatic rings. The van der Waals surface area contributed by atoms with Crippen molar-refractivity contribution in [1.82, 2.24) is 0 Å². The second-order valence-electron chi connectivity index (χ2n) is 14.4. The molecule has 5 nitrogen and oxygen atoms in total. The molecule has 0 heterocycles. The Morgan fingerprint density at radius 3 is 0.870 bits per heavy atom. The fraction of sp³-hybridized carbons (Fsp3) is 1.00. The van der Waals surface area contributed by atoms with Gasteiger partial charge < -0.3 is 5.11 Å². The molecule has 0 amide bonds. The van der Waals surface area contributed by atoms with Gasteiger partial charge in [-0.2, -0.15) is 8.42 Å². The monoisotopic (exact) mass is 675 g/mol. The highest BCUT2D eigenvalue weighted by molar-refractivity contribution is 7.81. The Kier molecular flexibility index (Phi) is 34.6. The number of unbranched alkanes of at least 4 members (excludes halogenated alkanes) is 30. The van der Waals surface area contributed by atoms with Gasteiger partial charge in [0.05, 0.1) is 12.7 Å². The van der Waals surface area contributed by atoms with E-state index in [1.54, 1.807) is 0 Å². The summed E-state index contributed by atoms with van der Waals surface area (Å²) < 4.78 is 34.9. The van der Waals surface area contributed by atoms with Crippen LogP contribution >= 0.6 is 0 Å². The molecule has 0 aromatic carbocycles. The number of aliphatic hydroxyl groups excluding tert-OH is 1. The molecule has 0 saturated carbocycles. The van der Waals surface area contributed by atoms with E-state index >= 15 is 0 Å². The predicted molar refractivity (Wildman–Crippen MR) is 200 cm³/mol. The molecule has 0 spiro atoms. The Balaban J connectivity index is 4.07. The van der Waals surface area contributed by atoms with Crippen molar-refractivity contribution in [3.63, 3.8) is 0 Å². The van der Waals surface area contributed by atoms with Crippen molar-refractivity contribution in [3.05, 3.63) is 0 Å². The van der Waals surface area contributed by atoms with Crippen molar-refractivity contribution in [3.8, 4) is 0 Å². The molecule has 0 aliphatic heterocycles. The Bertz CT molecular complexity index is 660. The molecular weight excluding hydrogens is 593 g/mol. The van der Waals surface area contributed by atoms with Gasteiger partial charge in [-0.25, -0.2) is 4.18 Å². The normalized spacial score (nSPS) is 12.3. The number of hydrogen-bond acceptors (Lipinski definition) is 5. The second-order valence-corrected chi connectivity index (χ2v) is 15.7. The van der Waals surface area contributed by atoms with E-state index in [1.807, 2.05) is 0 Å². The Morgan fingerprint density at radius 1 is 0.413 bits per heavy atom. The van der Waals surface area contributed by atoms with E-state index in [-0.39, 0.29) is 6.61 Å². The fourth-order valence-corrected chi connectivity index (χ4v) is 7.70. The molecule has 0 bridgehead atoms. The number of aliphatic hydroxyl groups is 1. The molecule has 0 aliphatic rings. The topological polar surface area (TPSA) is 72.8 Å². The van der Waals surface area contributed by atoms with Crippen molar-refractivity contribution in [2.75, 3.05) is 13.7 Å². The third-order valence-corrected chi connectivity index (χ3v) is 11.0. The molecule has 278 valence electrons. The highest BCUT2D eigenvalue weighted by Gasteiger charge is 2.35. The molecule has 1 N–H and O–H groups in total. The predicted octanol–water partition coefficient (Wildman–Crippen LogP) is 13.3. The van der Waals surface area contributed by atoms with E-state index in [4.69, 9.17) is 4.18 Å². The highest BCUT2D eigenvalue weighted by Crippen LogP contribution is 2.33. The van der Waals surface area contributed by atoms with E-state index < -0.39 is 16.0 Å². The van der Waals surface area contributed by atoms with Crippen LogP contribution in [-0.4, -0.2) is 32.8 Å². The van der Waals surface area contributed by atoms with Gasteiger partial charge in [0.15, 0.2) is 0 Å². The quantitative estimate of drug-likeness (QED) is 0.0657. The summed E-state index contributed by atoms with van der Waals surface area (Å²) in [5.41, 5.74) is -0.852. The van der Waals surface area contributed by atoms with Crippen molar-refractivity contribution in [1.29, 1.82) is 0 Å². The van der Waals surface area contributed by atoms with Gasteiger partial charge in [0, 0.05) is 13.0 Å². The average molecular weight is 675 g/mol. The molecule has 0 atom stereocenters. The molecule has 6 heteroatoms. The summed E-state index contributed by atoms with van der Waals surface area (Å²) in [4.78, 5) is 0. The average Bonchev–Trinajstić information content (AvgIpc) is 3.04. The smallest absolute Gasteiger partial charge is 0.396 e. The summed E-state index contributed by atoms with van der Waals surface area (Å²) in [6.07, 6.45) is 43.7. The van der Waals surface area contributed by atoms with Crippen LogP contribution in [0, 0.1) is 0 Å². The maximum Gasteiger partial charge on any atom is 0.400 e. The summed E-state index contributed by atoms with van der Waals surface area (Å²) in [6, 6.07) is 0. The molecule has 0 rings (SSSR count). The number of rotatable bonds is 39. The second kappa shape index (κ2) is 34.7. The summed E-state index contributed by atoms with van der Waals surface area (Å²) in [5.74, 6) is 0. The van der Waals surface area contributed by atoms with Gasteiger partial charge in [0.2, 0.25) is 0 Å². The van der Waals surface area contributed by atoms with Crippen LogP contribution < -0.4 is 0 Å². The van der Waals surface area contributed by atoms with Crippen LogP contribution in [0.2, 0.25) is 0 Å². The van der Waals surface area contributed by atoms with Gasteiger partial charge >= 0.3 is 10.4 Å². The van der Waals surface area contributed by atoms with Crippen molar-refractivity contribution in [2.45, 2.75) is 244 Å². The first-order chi connectivity index (χ1) is 22.4. The first-order valence-electron chi connectivity index (χ1n) is 20.6. The molecule has 0 unspecified atom stereocenters. The molecule has 0 aromatic heterocycles. The van der Waals surface area contributed by atoms with Crippen LogP contribution in [-0.2, 0) is 18.8 Å². The van der Waals surface area contributed by atoms with Gasteiger partial charge in [-0.05, 0) is 12.8 Å². The minimum atomic E-state index is -4.05. The molecule has 0 aliphatic carbocycles. The first-order valence-corrected chi connectivity index (χ1v) is 21.9. The van der Waals surface area contributed by atoms with Crippen molar-refractivity contribution < 1.29 is 21.9 Å². The lowest BCUT2D eigenvalue weighted by molar-refractivity contribution is 0.0138. The van der Waals surface area contributed by atoms with E-state index in [0.717, 1.165) is 32.8 Å². The third kappa shape index (κ3) is 31.1. The Labute approximate surface area is 289 Å². The van der Waals surface area contributed by atoms with Crippen LogP contribution in [0.25, 0.3) is 0 Å². The summed E-state index contributed by atoms with van der Waals surface area (Å²) in [5, 5.41) is 9.83. The zero-order chi connectivity index (χ0) is 33.9. The zero-order valence-electron chi connectivity index (χ0n) is 31.4. The Hall–Kier alpha value is -0.170. The third-order valence-electron chi connectivity index (χ3n) is 10.0. The van der Waals surface area contributed by atoms with Gasteiger partial charge in [-0.3, -0.25) is 4.18 Å². The molecule has 0 saturated heterocycles. The van der Waals surface area contributed by atoms with Gasteiger partial charge in [-0.15, -0.1) is 0 Å². The van der Waals surface area contributed by atoms with Crippen LogP contribution in [0.5, 0.6) is 0 Å². The fourth-order valence-electron chi connectivity index (χ4n) is 6.94. The van der Waals surface area contributed by atoms with Gasteiger partial charge in [0.25, 0.3) is 0 Å². The summed E-state index contributed by atoms with van der Waals surface area (Å²) in [6.45, 7) is 4.48. The zero-order valence-corrected chi connectivity index (χ0v) is 32.3. The van der Waals surface area contributed by atoms with Crippen molar-refractivity contribution >= 4 is 10.4 Å². The lowest BCUT2D eigenvalue weighted by atomic mass is 9.87. The Morgan fingerprint density at radius 2 is 0.652 bits per heavy atom. The highest BCUT2D eigenvalue weighted by atomic mass is 32.3. The SMILES string of the molecule is CCCCCCCCCCCCCCCCCCC(CCO)(CCCCCCCCCCCCCCCCCC)OS(=O)(=O)OC. The molecule has 0 radical (unpaired) electrons. The number of hydrogen-bond donors (Lipinski definition) is 1. The molecule has 46 heavy (non-hydrogen) atoms. The first kappa shape index (κ1) is 45.8. The van der Waals surface area contributed by atoms with Crippen LogP contribution in [0.4, 0.5) is 0 Å². The summed E-state index contributed by atoms with van der Waals surface area (Å²) in [7, 11) is -2.90. The molecular formula is C40H82O5S. The van der Waals surface area contributed by atoms with Crippen LogP contribution in [0.1, 0.15) is 239 Å². The van der Waals surface area contributed by atoms with Crippen LogP contribution in [0.3, 0.4) is 0 Å². The van der Waals surface area contributed by atoms with Crippen LogP contribution in [0.15, 0.2) is 0 Å². The molecule has 0 fully saturated rings. The standard InChI is InChI=1S/C40H82O5S/c1-4-6-8-10-12-14-16-18-20-22-24-26-28-30-32-34-36-40(38-39-41,45-46(42,43)44-3)37-35-33-31-29-27-25-23-21-19-17-15-13-11-9-7-5-2/h41H,4-39H2,1-3H3. The lowest BCUT2D eigenvalue weighted by Crippen LogP contribution is -2.37. The van der Waals surface area contributed by atoms with E-state index in [9.17, 15) is 13.5 Å².